The van der Waals surface area contributed by atoms with Crippen LogP contribution in [0.1, 0.15) is 17.0 Å². The summed E-state index contributed by atoms with van der Waals surface area (Å²) >= 11 is 0. The largest absolute Gasteiger partial charge is 0.573 e. The lowest BCUT2D eigenvalue weighted by molar-refractivity contribution is -0.274. The van der Waals surface area contributed by atoms with Crippen molar-refractivity contribution in [1.29, 1.82) is 0 Å². The van der Waals surface area contributed by atoms with Gasteiger partial charge < -0.3 is 29.2 Å². The van der Waals surface area contributed by atoms with Crippen LogP contribution in [0.5, 0.6) is 17.5 Å². The predicted molar refractivity (Wildman–Crippen MR) is 137 cm³/mol. The summed E-state index contributed by atoms with van der Waals surface area (Å²) in [6, 6.07) is 15.2. The number of hydrogen-bond acceptors (Lipinski definition) is 9. The molecule has 1 fully saturated rings. The predicted octanol–water partition coefficient (Wildman–Crippen LogP) is 4.44. The number of methoxy groups -OCH3 is 3. The number of hydrogen-bond donors (Lipinski definition) is 1. The maximum atomic E-state index is 12.6. The van der Waals surface area contributed by atoms with Crippen LogP contribution in [0.4, 0.5) is 24.8 Å². The van der Waals surface area contributed by atoms with Gasteiger partial charge in [-0.15, -0.1) is 13.2 Å². The van der Waals surface area contributed by atoms with Crippen molar-refractivity contribution in [3.8, 4) is 17.5 Å². The third kappa shape index (κ3) is 7.21. The van der Waals surface area contributed by atoms with Gasteiger partial charge in [0, 0.05) is 31.6 Å². The molecule has 39 heavy (non-hydrogen) atoms. The van der Waals surface area contributed by atoms with Gasteiger partial charge in [-0.2, -0.15) is 9.97 Å². The van der Waals surface area contributed by atoms with Crippen LogP contribution in [0.15, 0.2) is 54.6 Å². The third-order valence-corrected chi connectivity index (χ3v) is 6.44. The van der Waals surface area contributed by atoms with Gasteiger partial charge in [-0.3, -0.25) is 4.79 Å². The second kappa shape index (κ2) is 12.1. The first kappa shape index (κ1) is 27.8. The van der Waals surface area contributed by atoms with E-state index in [9.17, 15) is 18.0 Å². The summed E-state index contributed by atoms with van der Waals surface area (Å²) in [4.78, 5) is 23.5. The molecule has 0 bridgehead atoms. The fraction of sp³-hybridized carbons (Fsp3) is 0.370. The average molecular weight is 547 g/mol. The molecule has 2 aromatic carbocycles. The Balaban J connectivity index is 1.46. The molecule has 0 amide bonds. The van der Waals surface area contributed by atoms with Crippen molar-refractivity contribution in [2.45, 2.75) is 18.7 Å². The zero-order valence-electron chi connectivity index (χ0n) is 21.7. The number of benzene rings is 2. The van der Waals surface area contributed by atoms with Gasteiger partial charge in [-0.1, -0.05) is 24.3 Å². The van der Waals surface area contributed by atoms with Crippen molar-refractivity contribution in [3.63, 3.8) is 0 Å². The van der Waals surface area contributed by atoms with Crippen molar-refractivity contribution in [1.82, 2.24) is 9.97 Å². The molecule has 1 aliphatic heterocycles. The first-order valence-electron chi connectivity index (χ1n) is 12.2. The molecule has 4 rings (SSSR count). The van der Waals surface area contributed by atoms with Crippen molar-refractivity contribution in [2.24, 2.45) is 5.92 Å². The minimum Gasteiger partial charge on any atom is -0.497 e. The van der Waals surface area contributed by atoms with Gasteiger partial charge in [0.25, 0.3) is 0 Å². The van der Waals surface area contributed by atoms with E-state index >= 15 is 0 Å². The maximum absolute atomic E-state index is 12.6. The molecule has 12 heteroatoms. The number of esters is 1. The van der Waals surface area contributed by atoms with Crippen LogP contribution in [0.3, 0.4) is 0 Å². The number of aromatic nitrogens is 2. The summed E-state index contributed by atoms with van der Waals surface area (Å²) in [5.74, 6) is 0.733. The number of carbonyl (C=O) groups is 1. The summed E-state index contributed by atoms with van der Waals surface area (Å²) < 4.78 is 56.7. The second-order valence-corrected chi connectivity index (χ2v) is 8.88. The van der Waals surface area contributed by atoms with E-state index in [1.165, 1.54) is 26.4 Å². The van der Waals surface area contributed by atoms with Crippen LogP contribution >= 0.6 is 0 Å². The molecule has 1 saturated heterocycles. The lowest BCUT2D eigenvalue weighted by atomic mass is 9.89. The molecule has 0 unspecified atom stereocenters. The van der Waals surface area contributed by atoms with Crippen molar-refractivity contribution in [2.75, 3.05) is 51.2 Å². The number of alkyl halides is 3. The van der Waals surface area contributed by atoms with E-state index in [0.29, 0.717) is 37.7 Å². The van der Waals surface area contributed by atoms with Crippen LogP contribution < -0.4 is 24.4 Å². The molecular formula is C27H29F3N4O5. The van der Waals surface area contributed by atoms with Gasteiger partial charge in [0.05, 0.1) is 27.2 Å². The number of nitrogens with zero attached hydrogens (tertiary/aromatic N) is 3. The lowest BCUT2D eigenvalue weighted by Crippen LogP contribution is -2.25. The zero-order chi connectivity index (χ0) is 28.0. The highest BCUT2D eigenvalue weighted by molar-refractivity contribution is 5.76. The van der Waals surface area contributed by atoms with Crippen molar-refractivity contribution < 1.29 is 36.9 Å². The Morgan fingerprint density at radius 1 is 0.974 bits per heavy atom. The fourth-order valence-electron chi connectivity index (χ4n) is 4.52. The van der Waals surface area contributed by atoms with E-state index in [0.717, 1.165) is 16.9 Å². The minimum atomic E-state index is -4.73. The van der Waals surface area contributed by atoms with Crippen LogP contribution in [0.2, 0.25) is 0 Å². The molecule has 9 nitrogen and oxygen atoms in total. The Morgan fingerprint density at radius 3 is 2.28 bits per heavy atom. The van der Waals surface area contributed by atoms with Gasteiger partial charge in [-0.25, -0.2) is 0 Å². The maximum Gasteiger partial charge on any atom is 0.573 e. The number of carbonyl (C=O) groups excluding carboxylic acids is 1. The highest BCUT2D eigenvalue weighted by atomic mass is 19.4. The number of rotatable bonds is 10. The standard InChI is InChI=1S/C27H29F3N4O5/c1-36-19-10-6-18(7-11-19)21-15-34(16-22(21)25(35)37-2)24-14-23(32-26(33-24)38-3)31-13-12-17-4-8-20(9-5-17)39-27(28,29)30/h4-11,14,21-22H,12-13,15-16H2,1-3H3,(H,31,32,33)/t21-,22+/m1/s1. The quantitative estimate of drug-likeness (QED) is 0.371. The van der Waals surface area contributed by atoms with E-state index in [4.69, 9.17) is 14.2 Å². The summed E-state index contributed by atoms with van der Waals surface area (Å²) in [5.41, 5.74) is 1.81. The topological polar surface area (TPSA) is 95.0 Å². The van der Waals surface area contributed by atoms with Crippen molar-refractivity contribution >= 4 is 17.6 Å². The molecule has 1 N–H and O–H groups in total. The third-order valence-electron chi connectivity index (χ3n) is 6.44. The smallest absolute Gasteiger partial charge is 0.497 e. The molecule has 0 aliphatic carbocycles. The first-order valence-corrected chi connectivity index (χ1v) is 12.2. The zero-order valence-corrected chi connectivity index (χ0v) is 21.7. The van der Waals surface area contributed by atoms with E-state index in [1.54, 1.807) is 25.3 Å². The van der Waals surface area contributed by atoms with Crippen molar-refractivity contribution in [3.05, 3.63) is 65.7 Å². The second-order valence-electron chi connectivity index (χ2n) is 8.88. The molecule has 3 aromatic rings. The van der Waals surface area contributed by atoms with Crippen LogP contribution in [0.25, 0.3) is 0 Å². The van der Waals surface area contributed by atoms with Gasteiger partial charge in [-0.05, 0) is 41.8 Å². The summed E-state index contributed by atoms with van der Waals surface area (Å²) in [6.45, 7) is 1.38. The minimum absolute atomic E-state index is 0.120. The monoisotopic (exact) mass is 546 g/mol. The fourth-order valence-corrected chi connectivity index (χ4v) is 4.52. The number of ether oxygens (including phenoxy) is 4. The van der Waals surface area contributed by atoms with Crippen LogP contribution in [0, 0.1) is 5.92 Å². The van der Waals surface area contributed by atoms with Gasteiger partial charge >= 0.3 is 18.3 Å². The van der Waals surface area contributed by atoms with Gasteiger partial charge in [0.2, 0.25) is 0 Å². The highest BCUT2D eigenvalue weighted by Gasteiger charge is 2.40. The van der Waals surface area contributed by atoms with Crippen LogP contribution in [-0.2, 0) is 16.0 Å². The molecular weight excluding hydrogens is 517 g/mol. The Kier molecular flexibility index (Phi) is 8.62. The molecule has 2 heterocycles. The summed E-state index contributed by atoms with van der Waals surface area (Å²) in [5, 5.41) is 3.21. The molecule has 2 atom stereocenters. The van der Waals surface area contributed by atoms with Gasteiger partial charge in [0.15, 0.2) is 0 Å². The molecule has 208 valence electrons. The van der Waals surface area contributed by atoms with E-state index in [2.05, 4.69) is 20.0 Å². The normalized spacial score (nSPS) is 17.0. The number of nitrogens with one attached hydrogen (secondary N) is 1. The Bertz CT molecular complexity index is 1260. The van der Waals surface area contributed by atoms with E-state index in [-0.39, 0.29) is 23.6 Å². The number of halogens is 3. The highest BCUT2D eigenvalue weighted by Crippen LogP contribution is 2.37. The molecule has 0 radical (unpaired) electrons. The summed E-state index contributed by atoms with van der Waals surface area (Å²) in [7, 11) is 4.44. The van der Waals surface area contributed by atoms with Gasteiger partial charge in [0.1, 0.15) is 23.1 Å². The first-order chi connectivity index (χ1) is 18.7. The average Bonchev–Trinajstić information content (AvgIpc) is 3.38. The Hall–Kier alpha value is -4.22. The summed E-state index contributed by atoms with van der Waals surface area (Å²) in [6.07, 6.45) is -4.20. The molecule has 1 aliphatic rings. The number of anilines is 2. The Morgan fingerprint density at radius 2 is 1.67 bits per heavy atom. The molecule has 1 aromatic heterocycles. The van der Waals surface area contributed by atoms with E-state index in [1.807, 2.05) is 29.2 Å². The van der Waals surface area contributed by atoms with E-state index < -0.39 is 12.3 Å². The lowest BCUT2D eigenvalue weighted by Gasteiger charge is -2.19. The SMILES string of the molecule is COC(=O)[C@H]1CN(c2cc(NCCc3ccc(OC(F)(F)F)cc3)nc(OC)n2)C[C@@H]1c1ccc(OC)cc1. The molecule has 0 spiro atoms. The Labute approximate surface area is 223 Å². The van der Waals surface area contributed by atoms with Crippen LogP contribution in [-0.4, -0.2) is 63.3 Å². The molecule has 0 saturated carbocycles.